The number of hydrogen-bond acceptors (Lipinski definition) is 4. The van der Waals surface area contributed by atoms with E-state index in [4.69, 9.17) is 5.26 Å². The Morgan fingerprint density at radius 3 is 1.95 bits per heavy atom. The maximum atomic E-state index is 13.3. The van der Waals surface area contributed by atoms with E-state index in [1.165, 1.54) is 13.0 Å². The number of alkyl halides is 10. The zero-order valence-corrected chi connectivity index (χ0v) is 22.7. The lowest BCUT2D eigenvalue weighted by atomic mass is 9.96. The second kappa shape index (κ2) is 14.8. The number of unbranched alkanes of at least 4 members (excludes halogenated alkanes) is 6. The lowest BCUT2D eigenvalue weighted by Crippen LogP contribution is -2.52. The second-order valence-corrected chi connectivity index (χ2v) is 11.4. The number of halogens is 10. The summed E-state index contributed by atoms with van der Waals surface area (Å²) in [7, 11) is 0. The van der Waals surface area contributed by atoms with Gasteiger partial charge in [0.1, 0.15) is 17.1 Å². The molecule has 0 aromatic heterocycles. The molecule has 16 heteroatoms. The van der Waals surface area contributed by atoms with Crippen molar-refractivity contribution < 1.29 is 58.4 Å². The molecule has 0 saturated heterocycles. The number of nitrogens with one attached hydrogen (secondary N) is 1. The summed E-state index contributed by atoms with van der Waals surface area (Å²) < 4.78 is 140. The van der Waals surface area contributed by atoms with E-state index in [0.717, 1.165) is 12.1 Å². The molecule has 0 heterocycles. The van der Waals surface area contributed by atoms with Gasteiger partial charge in [-0.3, -0.25) is 4.79 Å². The van der Waals surface area contributed by atoms with Gasteiger partial charge in [0.2, 0.25) is 0 Å². The van der Waals surface area contributed by atoms with Gasteiger partial charge in [-0.15, -0.1) is 0 Å². The Morgan fingerprint density at radius 1 is 0.902 bits per heavy atom. The number of nitrogens with zero attached hydrogens (tertiary/aromatic N) is 1. The third-order valence-corrected chi connectivity index (χ3v) is 7.59. The zero-order chi connectivity index (χ0) is 31.7. The van der Waals surface area contributed by atoms with Crippen LogP contribution in [0.1, 0.15) is 75.8 Å². The molecule has 0 saturated carbocycles. The Hall–Kier alpha value is -2.25. The van der Waals surface area contributed by atoms with Crippen LogP contribution < -0.4 is 5.32 Å². The lowest BCUT2D eigenvalue weighted by Gasteiger charge is -2.28. The van der Waals surface area contributed by atoms with Gasteiger partial charge in [0.15, 0.2) is 0 Å². The first-order chi connectivity index (χ1) is 18.7. The summed E-state index contributed by atoms with van der Waals surface area (Å²) >= 11 is -1.99. The Morgan fingerprint density at radius 2 is 1.44 bits per heavy atom. The summed E-state index contributed by atoms with van der Waals surface area (Å²) in [5.74, 6) is -13.6. The molecule has 0 aliphatic carbocycles. The maximum Gasteiger partial charge on any atom is 0.459 e. The van der Waals surface area contributed by atoms with Crippen molar-refractivity contribution in [3.63, 3.8) is 0 Å². The van der Waals surface area contributed by atoms with Crippen LogP contribution in [0.25, 0.3) is 0 Å². The molecule has 1 rings (SSSR count). The van der Waals surface area contributed by atoms with Crippen LogP contribution in [0.3, 0.4) is 0 Å². The van der Waals surface area contributed by atoms with Gasteiger partial charge >= 0.3 is 24.2 Å². The van der Waals surface area contributed by atoms with Gasteiger partial charge in [-0.1, -0.05) is 43.3 Å². The number of aliphatic hydroxyl groups is 1. The average Bonchev–Trinajstić information content (AvgIpc) is 2.85. The number of benzene rings is 1. The summed E-state index contributed by atoms with van der Waals surface area (Å²) in [5, 5.41) is 21.5. The van der Waals surface area contributed by atoms with Crippen LogP contribution in [-0.2, 0) is 22.1 Å². The van der Waals surface area contributed by atoms with Gasteiger partial charge in [0.05, 0.1) is 23.6 Å². The monoisotopic (exact) mass is 628 g/mol. The van der Waals surface area contributed by atoms with E-state index in [2.05, 4.69) is 5.32 Å². The highest BCUT2D eigenvalue weighted by molar-refractivity contribution is 7.91. The van der Waals surface area contributed by atoms with Gasteiger partial charge in [-0.25, -0.2) is 0 Å². The van der Waals surface area contributed by atoms with E-state index in [9.17, 15) is 58.4 Å². The molecule has 0 fully saturated rings. The highest BCUT2D eigenvalue weighted by Gasteiger charge is 2.72. The molecule has 1 unspecified atom stereocenters. The van der Waals surface area contributed by atoms with Crippen molar-refractivity contribution in [3.05, 3.63) is 29.3 Å². The largest absolute Gasteiger partial charge is 0.616 e. The number of nitriles is 1. The highest BCUT2D eigenvalue weighted by Crippen LogP contribution is 2.48. The number of amides is 1. The fourth-order valence-electron chi connectivity index (χ4n) is 3.66. The summed E-state index contributed by atoms with van der Waals surface area (Å²) in [6.07, 6.45) is -9.40. The average molecular weight is 629 g/mol. The first-order valence-electron chi connectivity index (χ1n) is 12.5. The minimum atomic E-state index is -6.42. The van der Waals surface area contributed by atoms with E-state index in [1.807, 2.05) is 0 Å². The molecule has 0 bridgehead atoms. The number of carbonyl (C=O) groups is 1. The van der Waals surface area contributed by atoms with Gasteiger partial charge in [-0.2, -0.15) is 49.2 Å². The van der Waals surface area contributed by atoms with Crippen LogP contribution in [0.15, 0.2) is 18.2 Å². The number of rotatable bonds is 16. The standard InChI is InChI=1S/C25H30F10N2O3S/c1-21(39,20(38)37-18-10-9-17(16-36)19(15-18)23(28,29)30)11-7-5-3-2-4-6-8-13-41(40)14-12-22(26,27)24(31,32)25(33,34)35/h9-10,15,39H,2-8,11-14H2,1H3,(H,37,38)/t21-,41?/m0/s1. The molecule has 1 aromatic carbocycles. The van der Waals surface area contributed by atoms with Crippen LogP contribution in [-0.4, -0.2) is 50.7 Å². The van der Waals surface area contributed by atoms with Crippen molar-refractivity contribution in [2.75, 3.05) is 16.8 Å². The topological polar surface area (TPSA) is 96.2 Å². The third-order valence-electron chi connectivity index (χ3n) is 6.19. The molecule has 1 aromatic rings. The van der Waals surface area contributed by atoms with Gasteiger partial charge in [-0.05, 0) is 44.4 Å². The van der Waals surface area contributed by atoms with Crippen LogP contribution in [0, 0.1) is 11.3 Å². The van der Waals surface area contributed by atoms with E-state index in [1.54, 1.807) is 0 Å². The SMILES string of the molecule is C[C@](O)(CCCCCCCCC[S+]([O-])CCC(F)(F)C(F)(F)C(F)(F)F)C(=O)Nc1ccc(C#N)c(C(F)(F)F)c1. The van der Waals surface area contributed by atoms with E-state index < -0.39 is 70.2 Å². The molecular formula is C25H30F10N2O3S. The number of carbonyl (C=O) groups excluding carboxylic acids is 1. The number of anilines is 1. The quantitative estimate of drug-likeness (QED) is 0.114. The predicted molar refractivity (Wildman–Crippen MR) is 131 cm³/mol. The molecule has 234 valence electrons. The minimum absolute atomic E-state index is 0.00175. The first kappa shape index (κ1) is 36.8. The fraction of sp³-hybridized carbons (Fsp3) is 0.680. The summed E-state index contributed by atoms with van der Waals surface area (Å²) in [4.78, 5) is 12.4. The van der Waals surface area contributed by atoms with Crippen LogP contribution in [0.4, 0.5) is 49.6 Å². The van der Waals surface area contributed by atoms with Gasteiger partial charge < -0.3 is 15.0 Å². The molecule has 1 amide bonds. The normalized spacial score (nSPS) is 15.2. The Bertz CT molecular complexity index is 1040. The Kier molecular flexibility index (Phi) is 13.2. The van der Waals surface area contributed by atoms with Crippen molar-refractivity contribution in [3.8, 4) is 6.07 Å². The first-order valence-corrected chi connectivity index (χ1v) is 14.0. The van der Waals surface area contributed by atoms with Gasteiger partial charge in [0, 0.05) is 5.69 Å². The van der Waals surface area contributed by atoms with Crippen LogP contribution in [0.5, 0.6) is 0 Å². The smallest absolute Gasteiger partial charge is 0.459 e. The summed E-state index contributed by atoms with van der Waals surface area (Å²) in [5.41, 5.74) is -3.98. The van der Waals surface area contributed by atoms with Crippen LogP contribution >= 0.6 is 0 Å². The van der Waals surface area contributed by atoms with E-state index in [0.29, 0.717) is 44.6 Å². The molecular weight excluding hydrogens is 598 g/mol. The van der Waals surface area contributed by atoms with Gasteiger partial charge in [0.25, 0.3) is 5.91 Å². The van der Waals surface area contributed by atoms with Crippen molar-refractivity contribution in [1.29, 1.82) is 5.26 Å². The third kappa shape index (κ3) is 11.2. The summed E-state index contributed by atoms with van der Waals surface area (Å²) in [6.45, 7) is 1.21. The van der Waals surface area contributed by atoms with Crippen molar-refractivity contribution >= 4 is 22.8 Å². The van der Waals surface area contributed by atoms with E-state index >= 15 is 0 Å². The molecule has 5 nitrogen and oxygen atoms in total. The zero-order valence-electron chi connectivity index (χ0n) is 21.9. The van der Waals surface area contributed by atoms with Crippen LogP contribution in [0.2, 0.25) is 0 Å². The lowest BCUT2D eigenvalue weighted by molar-refractivity contribution is -0.354. The molecule has 0 aliphatic rings. The molecule has 2 N–H and O–H groups in total. The Balaban J connectivity index is 2.30. The molecule has 41 heavy (non-hydrogen) atoms. The van der Waals surface area contributed by atoms with Crippen molar-refractivity contribution in [2.45, 2.75) is 94.5 Å². The molecule has 0 aliphatic heterocycles. The molecule has 2 atom stereocenters. The van der Waals surface area contributed by atoms with E-state index in [-0.39, 0.29) is 24.3 Å². The summed E-state index contributed by atoms with van der Waals surface area (Å²) in [6, 6.07) is 4.03. The highest BCUT2D eigenvalue weighted by atomic mass is 32.2. The molecule has 0 radical (unpaired) electrons. The fourth-order valence-corrected chi connectivity index (χ4v) is 4.87. The van der Waals surface area contributed by atoms with Crippen molar-refractivity contribution in [1.82, 2.24) is 0 Å². The minimum Gasteiger partial charge on any atom is -0.616 e. The maximum absolute atomic E-state index is 13.3. The second-order valence-electron chi connectivity index (χ2n) is 9.70. The molecule has 0 spiro atoms. The predicted octanol–water partition coefficient (Wildman–Crippen LogP) is 7.36. The Labute approximate surface area is 233 Å². The van der Waals surface area contributed by atoms with Crippen molar-refractivity contribution in [2.24, 2.45) is 0 Å². The number of hydrogen-bond donors (Lipinski definition) is 2.